The quantitative estimate of drug-likeness (QED) is 0.844. The van der Waals surface area contributed by atoms with Gasteiger partial charge < -0.3 is 9.84 Å². The van der Waals surface area contributed by atoms with Gasteiger partial charge in [0.05, 0.1) is 6.61 Å². The smallest absolute Gasteiger partial charge is 0.353 e. The zero-order valence-corrected chi connectivity index (χ0v) is 9.90. The molecule has 0 aliphatic carbocycles. The first-order valence-corrected chi connectivity index (χ1v) is 5.81. The second-order valence-electron chi connectivity index (χ2n) is 3.13. The van der Waals surface area contributed by atoms with Crippen molar-refractivity contribution >= 4 is 17.3 Å². The third kappa shape index (κ3) is 2.42. The predicted octanol–water partition coefficient (Wildman–Crippen LogP) is 2.09. The highest BCUT2D eigenvalue weighted by Gasteiger charge is 2.19. The molecule has 0 aromatic carbocycles. The highest BCUT2D eigenvalue weighted by Crippen LogP contribution is 2.31. The number of hydrogen-bond donors (Lipinski definition) is 1. The second kappa shape index (κ2) is 4.92. The number of carbonyl (C=O) groups excluding carboxylic acids is 1. The Morgan fingerprint density at radius 2 is 2.18 bits per heavy atom. The van der Waals surface area contributed by atoms with Crippen LogP contribution in [0.3, 0.4) is 0 Å². The number of pyridine rings is 1. The molecule has 17 heavy (non-hydrogen) atoms. The fourth-order valence-corrected chi connectivity index (χ4v) is 2.12. The van der Waals surface area contributed by atoms with Crippen molar-refractivity contribution in [1.82, 2.24) is 9.97 Å². The standard InChI is InChI=1S/C11H10N2O3S/c1-2-16-11(15)8-9(14)13-10(17-8)7-3-5-12-6-4-7/h3-6,14H,2H2,1H3. The molecule has 0 aliphatic heterocycles. The average molecular weight is 250 g/mol. The van der Waals surface area contributed by atoms with Crippen LogP contribution in [0, 0.1) is 0 Å². The number of esters is 1. The van der Waals surface area contributed by atoms with E-state index < -0.39 is 5.97 Å². The largest absolute Gasteiger partial charge is 0.492 e. The summed E-state index contributed by atoms with van der Waals surface area (Å²) in [5.41, 5.74) is 0.802. The van der Waals surface area contributed by atoms with Crippen molar-refractivity contribution in [1.29, 1.82) is 0 Å². The predicted molar refractivity (Wildman–Crippen MR) is 63.0 cm³/mol. The summed E-state index contributed by atoms with van der Waals surface area (Å²) in [5, 5.41) is 10.1. The van der Waals surface area contributed by atoms with E-state index in [2.05, 4.69) is 9.97 Å². The molecule has 1 N–H and O–H groups in total. The number of thiazole rings is 1. The Hall–Kier alpha value is -1.95. The molecule has 0 saturated carbocycles. The maximum Gasteiger partial charge on any atom is 0.353 e. The summed E-state index contributed by atoms with van der Waals surface area (Å²) in [6.45, 7) is 1.97. The van der Waals surface area contributed by atoms with E-state index in [9.17, 15) is 9.90 Å². The van der Waals surface area contributed by atoms with Crippen LogP contribution in [-0.2, 0) is 4.74 Å². The van der Waals surface area contributed by atoms with Crippen LogP contribution in [0.2, 0.25) is 0 Å². The number of ether oxygens (including phenoxy) is 1. The highest BCUT2D eigenvalue weighted by atomic mass is 32.1. The minimum atomic E-state index is -0.553. The lowest BCUT2D eigenvalue weighted by molar-refractivity contribution is 0.0528. The molecular weight excluding hydrogens is 240 g/mol. The Bertz CT molecular complexity index is 525. The summed E-state index contributed by atoms with van der Waals surface area (Å²) < 4.78 is 4.82. The van der Waals surface area contributed by atoms with Gasteiger partial charge in [-0.3, -0.25) is 4.98 Å². The SMILES string of the molecule is CCOC(=O)c1sc(-c2ccncc2)nc1O. The number of carbonyl (C=O) groups is 1. The van der Waals surface area contributed by atoms with Crippen molar-refractivity contribution < 1.29 is 14.6 Å². The van der Waals surface area contributed by atoms with Crippen LogP contribution < -0.4 is 0 Å². The van der Waals surface area contributed by atoms with Crippen LogP contribution in [0.4, 0.5) is 0 Å². The van der Waals surface area contributed by atoms with E-state index in [1.54, 1.807) is 31.5 Å². The van der Waals surface area contributed by atoms with Gasteiger partial charge in [-0.2, -0.15) is 0 Å². The minimum Gasteiger partial charge on any atom is -0.492 e. The lowest BCUT2D eigenvalue weighted by atomic mass is 10.3. The van der Waals surface area contributed by atoms with Gasteiger partial charge in [0.15, 0.2) is 4.88 Å². The maximum atomic E-state index is 11.5. The topological polar surface area (TPSA) is 72.3 Å². The summed E-state index contributed by atoms with van der Waals surface area (Å²) in [6, 6.07) is 3.51. The lowest BCUT2D eigenvalue weighted by Gasteiger charge is -1.96. The molecule has 0 unspecified atom stereocenters. The molecule has 5 nitrogen and oxygen atoms in total. The molecule has 0 atom stereocenters. The molecule has 0 fully saturated rings. The summed E-state index contributed by atoms with van der Waals surface area (Å²) in [6.07, 6.45) is 3.25. The van der Waals surface area contributed by atoms with Gasteiger partial charge >= 0.3 is 5.97 Å². The van der Waals surface area contributed by atoms with Crippen molar-refractivity contribution in [3.8, 4) is 16.5 Å². The molecule has 2 rings (SSSR count). The third-order valence-electron chi connectivity index (χ3n) is 2.00. The van der Waals surface area contributed by atoms with Crippen molar-refractivity contribution in [2.24, 2.45) is 0 Å². The van der Waals surface area contributed by atoms with E-state index in [1.807, 2.05) is 0 Å². The molecule has 0 saturated heterocycles. The maximum absolute atomic E-state index is 11.5. The zero-order valence-electron chi connectivity index (χ0n) is 9.08. The molecule has 0 aliphatic rings. The molecular formula is C11H10N2O3S. The van der Waals surface area contributed by atoms with Crippen LogP contribution in [-0.4, -0.2) is 27.7 Å². The van der Waals surface area contributed by atoms with Gasteiger partial charge in [-0.15, -0.1) is 11.3 Å². The summed E-state index contributed by atoms with van der Waals surface area (Å²) >= 11 is 1.10. The minimum absolute atomic E-state index is 0.124. The fraction of sp³-hybridized carbons (Fsp3) is 0.182. The highest BCUT2D eigenvalue weighted by molar-refractivity contribution is 7.17. The second-order valence-corrected chi connectivity index (χ2v) is 4.13. The molecule has 2 aromatic heterocycles. The molecule has 88 valence electrons. The summed E-state index contributed by atoms with van der Waals surface area (Å²) in [7, 11) is 0. The number of hydrogen-bond acceptors (Lipinski definition) is 6. The van der Waals surface area contributed by atoms with Crippen LogP contribution in [0.25, 0.3) is 10.6 Å². The molecule has 2 heterocycles. The molecule has 2 aromatic rings. The zero-order chi connectivity index (χ0) is 12.3. The summed E-state index contributed by atoms with van der Waals surface area (Å²) in [4.78, 5) is 19.4. The number of aromatic nitrogens is 2. The van der Waals surface area contributed by atoms with Gasteiger partial charge in [-0.1, -0.05) is 0 Å². The van der Waals surface area contributed by atoms with Gasteiger partial charge in [0.25, 0.3) is 0 Å². The monoisotopic (exact) mass is 250 g/mol. The Balaban J connectivity index is 2.34. The molecule has 0 spiro atoms. The van der Waals surface area contributed by atoms with Gasteiger partial charge in [-0.05, 0) is 19.1 Å². The first-order chi connectivity index (χ1) is 8.22. The Morgan fingerprint density at radius 1 is 1.47 bits per heavy atom. The Morgan fingerprint density at radius 3 is 2.82 bits per heavy atom. The van der Waals surface area contributed by atoms with Crippen LogP contribution in [0.15, 0.2) is 24.5 Å². The normalized spacial score (nSPS) is 10.2. The van der Waals surface area contributed by atoms with E-state index in [0.717, 1.165) is 16.9 Å². The number of rotatable bonds is 3. The van der Waals surface area contributed by atoms with Crippen molar-refractivity contribution in [3.63, 3.8) is 0 Å². The van der Waals surface area contributed by atoms with E-state index in [0.29, 0.717) is 5.01 Å². The van der Waals surface area contributed by atoms with Gasteiger partial charge in [0.2, 0.25) is 5.88 Å². The van der Waals surface area contributed by atoms with E-state index in [1.165, 1.54) is 0 Å². The van der Waals surface area contributed by atoms with Crippen LogP contribution in [0.1, 0.15) is 16.6 Å². The average Bonchev–Trinajstić information content (AvgIpc) is 2.73. The Labute approximate surface area is 102 Å². The molecule has 0 radical (unpaired) electrons. The molecule has 6 heteroatoms. The van der Waals surface area contributed by atoms with E-state index in [4.69, 9.17) is 4.74 Å². The van der Waals surface area contributed by atoms with Gasteiger partial charge in [0, 0.05) is 18.0 Å². The van der Waals surface area contributed by atoms with E-state index >= 15 is 0 Å². The fourth-order valence-electron chi connectivity index (χ4n) is 1.26. The number of nitrogens with zero attached hydrogens (tertiary/aromatic N) is 2. The Kier molecular flexibility index (Phi) is 3.34. The van der Waals surface area contributed by atoms with E-state index in [-0.39, 0.29) is 17.4 Å². The van der Waals surface area contributed by atoms with Crippen molar-refractivity contribution in [2.45, 2.75) is 6.92 Å². The lowest BCUT2D eigenvalue weighted by Crippen LogP contribution is -2.02. The van der Waals surface area contributed by atoms with Gasteiger partial charge in [-0.25, -0.2) is 9.78 Å². The summed E-state index contributed by atoms with van der Waals surface area (Å²) in [5.74, 6) is -0.844. The van der Waals surface area contributed by atoms with Gasteiger partial charge in [0.1, 0.15) is 5.01 Å². The molecule has 0 bridgehead atoms. The van der Waals surface area contributed by atoms with Crippen molar-refractivity contribution in [2.75, 3.05) is 6.61 Å². The first-order valence-electron chi connectivity index (χ1n) is 4.99. The number of aromatic hydroxyl groups is 1. The van der Waals surface area contributed by atoms with Crippen LogP contribution >= 0.6 is 11.3 Å². The van der Waals surface area contributed by atoms with Crippen LogP contribution in [0.5, 0.6) is 5.88 Å². The molecule has 0 amide bonds. The van der Waals surface area contributed by atoms with Crippen molar-refractivity contribution in [3.05, 3.63) is 29.4 Å². The first kappa shape index (κ1) is 11.5. The third-order valence-corrected chi connectivity index (χ3v) is 3.07.